The lowest BCUT2D eigenvalue weighted by atomic mass is 10.0. The summed E-state index contributed by atoms with van der Waals surface area (Å²) >= 11 is 0. The average Bonchev–Trinajstić information content (AvgIpc) is 2.92. The second-order valence-corrected chi connectivity index (χ2v) is 8.69. The van der Waals surface area contributed by atoms with Crippen molar-refractivity contribution >= 4 is 22.8 Å². The number of aromatic nitrogens is 1. The molecule has 0 unspecified atom stereocenters. The van der Waals surface area contributed by atoms with E-state index in [1.54, 1.807) is 33.8 Å². The van der Waals surface area contributed by atoms with Crippen LogP contribution in [0.3, 0.4) is 0 Å². The van der Waals surface area contributed by atoms with E-state index in [1.165, 1.54) is 0 Å². The number of hydrogen-bond acceptors (Lipinski definition) is 4. The molecule has 1 aromatic carbocycles. The van der Waals surface area contributed by atoms with E-state index >= 15 is 0 Å². The van der Waals surface area contributed by atoms with Crippen LogP contribution in [0.5, 0.6) is 0 Å². The molecule has 0 aliphatic carbocycles. The molecule has 0 aliphatic heterocycles. The minimum atomic E-state index is -0.882. The van der Waals surface area contributed by atoms with Gasteiger partial charge >= 0.3 is 6.09 Å². The number of alkyl carbamates (subject to hydrolysis) is 1. The summed E-state index contributed by atoms with van der Waals surface area (Å²) in [5, 5.41) is 3.61. The lowest BCUT2D eigenvalue weighted by molar-refractivity contribution is -0.0621. The van der Waals surface area contributed by atoms with Crippen LogP contribution in [0.4, 0.5) is 4.79 Å². The van der Waals surface area contributed by atoms with Gasteiger partial charge in [-0.2, -0.15) is 0 Å². The fourth-order valence-corrected chi connectivity index (χ4v) is 2.83. The van der Waals surface area contributed by atoms with Crippen LogP contribution in [0, 0.1) is 0 Å². The summed E-state index contributed by atoms with van der Waals surface area (Å²) in [5.74, 6) is -0.256. The number of nitrogens with one attached hydrogen (secondary N) is 2. The summed E-state index contributed by atoms with van der Waals surface area (Å²) in [6.45, 7) is 12.8. The Labute approximate surface area is 160 Å². The SMILES string of the molecule is C[C@@H](OC(C)(C)C)[C@H](NC(=O)OC(C)(C)C)C(=O)c1cc2ccccc2[nH]1. The maximum absolute atomic E-state index is 13.2. The molecular formula is C21H30N2O4. The number of carbonyl (C=O) groups is 2. The Hall–Kier alpha value is -2.34. The predicted octanol–water partition coefficient (Wildman–Crippen LogP) is 4.45. The van der Waals surface area contributed by atoms with Crippen LogP contribution in [0.1, 0.15) is 59.0 Å². The van der Waals surface area contributed by atoms with Crippen LogP contribution >= 0.6 is 0 Å². The highest BCUT2D eigenvalue weighted by molar-refractivity contribution is 6.04. The van der Waals surface area contributed by atoms with E-state index in [0.29, 0.717) is 5.69 Å². The van der Waals surface area contributed by atoms with Gasteiger partial charge in [0.2, 0.25) is 5.78 Å². The fourth-order valence-electron chi connectivity index (χ4n) is 2.83. The molecule has 1 aromatic heterocycles. The van der Waals surface area contributed by atoms with Crippen molar-refractivity contribution in [2.45, 2.75) is 71.8 Å². The summed E-state index contributed by atoms with van der Waals surface area (Å²) in [7, 11) is 0. The predicted molar refractivity (Wildman–Crippen MR) is 106 cm³/mol. The topological polar surface area (TPSA) is 80.4 Å². The summed E-state index contributed by atoms with van der Waals surface area (Å²) < 4.78 is 11.3. The lowest BCUT2D eigenvalue weighted by Gasteiger charge is -2.31. The minimum absolute atomic E-state index is 0.256. The quantitative estimate of drug-likeness (QED) is 0.758. The van der Waals surface area contributed by atoms with E-state index < -0.39 is 29.4 Å². The highest BCUT2D eigenvalue weighted by Crippen LogP contribution is 2.20. The number of carbonyl (C=O) groups excluding carboxylic acids is 2. The lowest BCUT2D eigenvalue weighted by Crippen LogP contribution is -2.51. The number of rotatable bonds is 5. The molecule has 0 bridgehead atoms. The molecule has 6 nitrogen and oxygen atoms in total. The zero-order valence-corrected chi connectivity index (χ0v) is 17.2. The number of aromatic amines is 1. The number of fused-ring (bicyclic) bond motifs is 1. The number of amides is 1. The normalized spacial score (nSPS) is 14.6. The van der Waals surface area contributed by atoms with Crippen molar-refractivity contribution in [1.82, 2.24) is 10.3 Å². The molecule has 2 aromatic rings. The first kappa shape index (κ1) is 21.0. The van der Waals surface area contributed by atoms with Crippen molar-refractivity contribution in [3.8, 4) is 0 Å². The largest absolute Gasteiger partial charge is 0.444 e. The molecule has 2 rings (SSSR count). The number of H-pyrrole nitrogens is 1. The molecule has 27 heavy (non-hydrogen) atoms. The first-order valence-electron chi connectivity index (χ1n) is 9.15. The van der Waals surface area contributed by atoms with E-state index in [-0.39, 0.29) is 5.78 Å². The van der Waals surface area contributed by atoms with Crippen molar-refractivity contribution in [2.75, 3.05) is 0 Å². The molecule has 6 heteroatoms. The van der Waals surface area contributed by atoms with Crippen molar-refractivity contribution in [1.29, 1.82) is 0 Å². The zero-order valence-electron chi connectivity index (χ0n) is 17.2. The summed E-state index contributed by atoms with van der Waals surface area (Å²) in [5.41, 5.74) is 0.156. The number of hydrogen-bond donors (Lipinski definition) is 2. The highest BCUT2D eigenvalue weighted by Gasteiger charge is 2.33. The molecule has 0 aliphatic rings. The third kappa shape index (κ3) is 6.10. The van der Waals surface area contributed by atoms with Gasteiger partial charge < -0.3 is 19.8 Å². The van der Waals surface area contributed by atoms with Crippen molar-refractivity contribution in [3.63, 3.8) is 0 Å². The van der Waals surface area contributed by atoms with Gasteiger partial charge in [-0.15, -0.1) is 0 Å². The van der Waals surface area contributed by atoms with Crippen LogP contribution in [0.25, 0.3) is 10.9 Å². The Bertz CT molecular complexity index is 778. The number of benzene rings is 1. The molecule has 0 saturated heterocycles. The fraction of sp³-hybridized carbons (Fsp3) is 0.524. The molecular weight excluding hydrogens is 344 g/mol. The summed E-state index contributed by atoms with van der Waals surface area (Å²) in [4.78, 5) is 28.6. The zero-order chi connectivity index (χ0) is 20.4. The first-order valence-corrected chi connectivity index (χ1v) is 9.15. The van der Waals surface area contributed by atoms with Gasteiger partial charge in [-0.25, -0.2) is 4.79 Å². The van der Waals surface area contributed by atoms with E-state index in [2.05, 4.69) is 10.3 Å². The average molecular weight is 374 g/mol. The number of ketones is 1. The third-order valence-electron chi connectivity index (χ3n) is 3.76. The standard InChI is InChI=1S/C21H30N2O4/c1-13(26-20(2,3)4)17(23-19(25)27-21(5,6)7)18(24)16-12-14-10-8-9-11-15(14)22-16/h8-13,17,22H,1-7H3,(H,23,25)/t13-,17+/m1/s1. The first-order chi connectivity index (χ1) is 12.4. The van der Waals surface area contributed by atoms with Gasteiger partial charge in [0.25, 0.3) is 0 Å². The second-order valence-electron chi connectivity index (χ2n) is 8.69. The van der Waals surface area contributed by atoms with Gasteiger partial charge in [-0.1, -0.05) is 18.2 Å². The molecule has 2 atom stereocenters. The monoisotopic (exact) mass is 374 g/mol. The second kappa shape index (κ2) is 7.72. The molecule has 0 saturated carbocycles. The third-order valence-corrected chi connectivity index (χ3v) is 3.76. The molecule has 0 fully saturated rings. The van der Waals surface area contributed by atoms with Crippen LogP contribution in [0.15, 0.2) is 30.3 Å². The Kier molecular flexibility index (Phi) is 6.00. The maximum Gasteiger partial charge on any atom is 0.408 e. The van der Waals surface area contributed by atoms with Crippen LogP contribution in [0.2, 0.25) is 0 Å². The van der Waals surface area contributed by atoms with E-state index in [9.17, 15) is 9.59 Å². The van der Waals surface area contributed by atoms with E-state index in [1.807, 2.05) is 45.0 Å². The number of para-hydroxylation sites is 1. The van der Waals surface area contributed by atoms with E-state index in [4.69, 9.17) is 9.47 Å². The van der Waals surface area contributed by atoms with Gasteiger partial charge in [0, 0.05) is 10.9 Å². The number of Topliss-reactive ketones (excluding diaryl/α,β-unsaturated/α-hetero) is 1. The van der Waals surface area contributed by atoms with Gasteiger partial charge in [-0.05, 0) is 60.6 Å². The molecule has 1 amide bonds. The molecule has 1 heterocycles. The van der Waals surface area contributed by atoms with Gasteiger partial charge in [-0.3, -0.25) is 4.79 Å². The van der Waals surface area contributed by atoms with Crippen LogP contribution in [-0.4, -0.2) is 40.2 Å². The van der Waals surface area contributed by atoms with Crippen LogP contribution < -0.4 is 5.32 Å². The smallest absolute Gasteiger partial charge is 0.408 e. The Morgan fingerprint density at radius 3 is 2.22 bits per heavy atom. The molecule has 2 N–H and O–H groups in total. The van der Waals surface area contributed by atoms with Crippen LogP contribution in [-0.2, 0) is 9.47 Å². The van der Waals surface area contributed by atoms with Crippen molar-refractivity contribution in [3.05, 3.63) is 36.0 Å². The Morgan fingerprint density at radius 1 is 1.04 bits per heavy atom. The summed E-state index contributed by atoms with van der Waals surface area (Å²) in [6, 6.07) is 8.53. The van der Waals surface area contributed by atoms with Crippen molar-refractivity contribution in [2.24, 2.45) is 0 Å². The van der Waals surface area contributed by atoms with Gasteiger partial charge in [0.1, 0.15) is 11.6 Å². The van der Waals surface area contributed by atoms with Crippen molar-refractivity contribution < 1.29 is 19.1 Å². The Morgan fingerprint density at radius 2 is 1.67 bits per heavy atom. The molecule has 0 radical (unpaired) electrons. The minimum Gasteiger partial charge on any atom is -0.444 e. The number of ether oxygens (including phenoxy) is 2. The molecule has 0 spiro atoms. The summed E-state index contributed by atoms with van der Waals surface area (Å²) in [6.07, 6.45) is -1.20. The maximum atomic E-state index is 13.2. The Balaban J connectivity index is 2.29. The van der Waals surface area contributed by atoms with Gasteiger partial charge in [0.05, 0.1) is 17.4 Å². The van der Waals surface area contributed by atoms with Gasteiger partial charge in [0.15, 0.2) is 0 Å². The highest BCUT2D eigenvalue weighted by atomic mass is 16.6. The molecule has 148 valence electrons. The van der Waals surface area contributed by atoms with E-state index in [0.717, 1.165) is 10.9 Å².